The third-order valence-electron chi connectivity index (χ3n) is 4.48. The molecule has 14 nitrogen and oxygen atoms in total. The van der Waals surface area contributed by atoms with Gasteiger partial charge in [-0.1, -0.05) is 6.07 Å². The van der Waals surface area contributed by atoms with Crippen LogP contribution in [-0.2, 0) is 20.0 Å². The van der Waals surface area contributed by atoms with E-state index in [1.807, 2.05) is 0 Å². The van der Waals surface area contributed by atoms with E-state index < -0.39 is 42.5 Å². The molecule has 0 unspecified atom stereocenters. The van der Waals surface area contributed by atoms with Crippen LogP contribution in [0.5, 0.6) is 0 Å². The number of benzene rings is 1. The molecule has 9 N–H and O–H groups in total. The monoisotopic (exact) mass is 483 g/mol. The van der Waals surface area contributed by atoms with Crippen LogP contribution in [0.15, 0.2) is 34.2 Å². The van der Waals surface area contributed by atoms with Crippen molar-refractivity contribution in [3.05, 3.63) is 30.0 Å². The molecule has 1 atom stereocenters. The van der Waals surface area contributed by atoms with Crippen LogP contribution in [0.4, 0.5) is 5.82 Å². The summed E-state index contributed by atoms with van der Waals surface area (Å²) < 4.78 is 53.2. The topological polar surface area (TPSA) is 246 Å². The summed E-state index contributed by atoms with van der Waals surface area (Å²) in [4.78, 5) is 2.65. The summed E-state index contributed by atoms with van der Waals surface area (Å²) in [6.45, 7) is 1.05. The highest BCUT2D eigenvalue weighted by Crippen LogP contribution is 2.38. The average molecular weight is 484 g/mol. The molecular weight excluding hydrogens is 462 g/mol. The van der Waals surface area contributed by atoms with Crippen molar-refractivity contribution in [2.24, 2.45) is 10.9 Å². The number of nitrogen functional groups attached to an aromatic ring is 1. The van der Waals surface area contributed by atoms with Gasteiger partial charge in [0.2, 0.25) is 25.9 Å². The van der Waals surface area contributed by atoms with E-state index in [0.29, 0.717) is 11.1 Å². The largest absolute Gasteiger partial charge is 0.390 e. The van der Waals surface area contributed by atoms with Gasteiger partial charge in [-0.2, -0.15) is 5.21 Å². The molecule has 0 bridgehead atoms. The standard InChI is InChI=1S/C16H21N9O5S2/c1-8-4-9(6-20-15(8)18)11-2-3-12(32(29,30)21-7-10(26)5-17)14(31(19,27)28)13(11)16-22-24-25-23-16/h2-4,6,10,21,26H,5,7,17H2,1H3,(H2,18,20)(H2,19,27,28)(H,22,23,24,25)/t10-/m0/s1. The highest BCUT2D eigenvalue weighted by Gasteiger charge is 2.32. The maximum absolute atomic E-state index is 12.9. The number of nitrogens with zero attached hydrogens (tertiary/aromatic N) is 4. The number of rotatable bonds is 8. The number of sulfonamides is 2. The molecule has 0 aliphatic heterocycles. The van der Waals surface area contributed by atoms with Gasteiger partial charge in [0, 0.05) is 24.8 Å². The van der Waals surface area contributed by atoms with E-state index >= 15 is 0 Å². The predicted molar refractivity (Wildman–Crippen MR) is 114 cm³/mol. The van der Waals surface area contributed by atoms with Crippen LogP contribution in [0.3, 0.4) is 0 Å². The maximum Gasteiger partial charge on any atom is 0.242 e. The average Bonchev–Trinajstić information content (AvgIpc) is 3.27. The van der Waals surface area contributed by atoms with Crippen molar-refractivity contribution in [1.29, 1.82) is 0 Å². The zero-order chi connectivity index (χ0) is 23.7. The molecule has 2 aromatic heterocycles. The number of pyridine rings is 1. The smallest absolute Gasteiger partial charge is 0.242 e. The third kappa shape index (κ3) is 4.74. The quantitative estimate of drug-likeness (QED) is 0.206. The van der Waals surface area contributed by atoms with Crippen molar-refractivity contribution < 1.29 is 21.9 Å². The van der Waals surface area contributed by atoms with Gasteiger partial charge in [-0.25, -0.2) is 31.7 Å². The van der Waals surface area contributed by atoms with Gasteiger partial charge in [-0.3, -0.25) is 0 Å². The molecule has 0 fully saturated rings. The number of H-pyrrole nitrogens is 1. The lowest BCUT2D eigenvalue weighted by atomic mass is 9.99. The summed E-state index contributed by atoms with van der Waals surface area (Å²) in [5.74, 6) is 0.0564. The minimum absolute atomic E-state index is 0.200. The number of aromatic amines is 1. The number of nitrogens with one attached hydrogen (secondary N) is 2. The maximum atomic E-state index is 12.9. The minimum Gasteiger partial charge on any atom is -0.390 e. The van der Waals surface area contributed by atoms with Crippen molar-refractivity contribution in [3.63, 3.8) is 0 Å². The summed E-state index contributed by atoms with van der Waals surface area (Å²) in [5, 5.41) is 28.3. The molecular formula is C16H21N9O5S2. The minimum atomic E-state index is -4.64. The first-order valence-corrected chi connectivity index (χ1v) is 12.0. The fourth-order valence-corrected chi connectivity index (χ4v) is 5.56. The Hall–Kier alpha value is -3.02. The molecule has 0 saturated heterocycles. The Morgan fingerprint density at radius 2 is 1.97 bits per heavy atom. The highest BCUT2D eigenvalue weighted by atomic mass is 32.2. The SMILES string of the molecule is Cc1cc(-c2ccc(S(=O)(=O)NC[C@@H](O)CN)c(S(N)(=O)=O)c2-c2nn[nH]n2)cnc1N. The van der Waals surface area contributed by atoms with Gasteiger partial charge in [-0.05, 0) is 35.4 Å². The summed E-state index contributed by atoms with van der Waals surface area (Å²) in [6, 6.07) is 4.07. The molecule has 3 rings (SSSR count). The van der Waals surface area contributed by atoms with Crippen LogP contribution in [0, 0.1) is 6.92 Å². The number of aliphatic hydroxyl groups excluding tert-OH is 1. The van der Waals surface area contributed by atoms with Crippen molar-refractivity contribution in [1.82, 2.24) is 30.3 Å². The summed E-state index contributed by atoms with van der Waals surface area (Å²) in [7, 11) is -9.09. The fraction of sp³-hybridized carbons (Fsp3) is 0.250. The molecule has 0 aliphatic carbocycles. The number of hydrogen-bond acceptors (Lipinski definition) is 11. The zero-order valence-corrected chi connectivity index (χ0v) is 18.4. The summed E-state index contributed by atoms with van der Waals surface area (Å²) in [5.41, 5.74) is 12.1. The Balaban J connectivity index is 2.35. The van der Waals surface area contributed by atoms with Crippen LogP contribution >= 0.6 is 0 Å². The number of aliphatic hydroxyl groups is 1. The number of primary sulfonamides is 1. The fourth-order valence-electron chi connectivity index (χ4n) is 2.89. The van der Waals surface area contributed by atoms with Crippen LogP contribution in [0.1, 0.15) is 5.56 Å². The number of aromatic nitrogens is 5. The second-order valence-corrected chi connectivity index (χ2v) is 10.00. The summed E-state index contributed by atoms with van der Waals surface area (Å²) in [6.07, 6.45) is 0.209. The molecule has 172 valence electrons. The number of hydrogen-bond donors (Lipinski definition) is 6. The number of tetrazole rings is 1. The molecule has 0 amide bonds. The molecule has 0 aliphatic rings. The van der Waals surface area contributed by atoms with Gasteiger partial charge in [0.15, 0.2) is 0 Å². The van der Waals surface area contributed by atoms with E-state index in [0.717, 1.165) is 6.07 Å². The molecule has 2 heterocycles. The third-order valence-corrected chi connectivity index (χ3v) is 7.06. The van der Waals surface area contributed by atoms with E-state index in [1.165, 1.54) is 12.3 Å². The van der Waals surface area contributed by atoms with Crippen molar-refractivity contribution in [2.45, 2.75) is 22.8 Å². The van der Waals surface area contributed by atoms with Gasteiger partial charge in [0.1, 0.15) is 15.6 Å². The molecule has 32 heavy (non-hydrogen) atoms. The predicted octanol–water partition coefficient (Wildman–Crippen LogP) is -1.94. The Bertz CT molecular complexity index is 1340. The lowest BCUT2D eigenvalue weighted by molar-refractivity contribution is 0.186. The molecule has 3 aromatic rings. The molecule has 16 heteroatoms. The molecule has 1 aromatic carbocycles. The number of aryl methyl sites for hydroxylation is 1. The van der Waals surface area contributed by atoms with Gasteiger partial charge in [0.25, 0.3) is 0 Å². The Kier molecular flexibility index (Phi) is 6.54. The second kappa shape index (κ2) is 8.85. The highest BCUT2D eigenvalue weighted by molar-refractivity contribution is 7.92. The normalized spacial score (nSPS) is 13.2. The van der Waals surface area contributed by atoms with Gasteiger partial charge in [-0.15, -0.1) is 10.2 Å². The first kappa shape index (κ1) is 23.6. The number of nitrogens with two attached hydrogens (primary N) is 3. The van der Waals surface area contributed by atoms with Gasteiger partial charge < -0.3 is 16.6 Å². The molecule has 0 radical (unpaired) electrons. The van der Waals surface area contributed by atoms with Gasteiger partial charge >= 0.3 is 0 Å². The Labute approximate surface area is 183 Å². The van der Waals surface area contributed by atoms with Gasteiger partial charge in [0.05, 0.1) is 11.7 Å². The van der Waals surface area contributed by atoms with Crippen molar-refractivity contribution >= 4 is 25.9 Å². The van der Waals surface area contributed by atoms with Crippen LogP contribution in [0.2, 0.25) is 0 Å². The summed E-state index contributed by atoms with van der Waals surface area (Å²) >= 11 is 0. The van der Waals surface area contributed by atoms with E-state index in [4.69, 9.17) is 16.6 Å². The van der Waals surface area contributed by atoms with E-state index in [9.17, 15) is 21.9 Å². The number of anilines is 1. The molecule has 0 saturated carbocycles. The zero-order valence-electron chi connectivity index (χ0n) is 16.7. The lowest BCUT2D eigenvalue weighted by Gasteiger charge is -2.17. The van der Waals surface area contributed by atoms with Crippen molar-refractivity contribution in [3.8, 4) is 22.5 Å². The first-order chi connectivity index (χ1) is 15.0. The van der Waals surface area contributed by atoms with E-state index in [1.54, 1.807) is 13.0 Å². The van der Waals surface area contributed by atoms with Crippen LogP contribution in [-0.4, -0.2) is 66.7 Å². The Morgan fingerprint density at radius 3 is 2.53 bits per heavy atom. The van der Waals surface area contributed by atoms with E-state index in [2.05, 4.69) is 30.3 Å². The van der Waals surface area contributed by atoms with E-state index in [-0.39, 0.29) is 29.3 Å². The molecule has 0 spiro atoms. The lowest BCUT2D eigenvalue weighted by Crippen LogP contribution is -2.36. The van der Waals surface area contributed by atoms with Crippen molar-refractivity contribution in [2.75, 3.05) is 18.8 Å². The Morgan fingerprint density at radius 1 is 1.25 bits per heavy atom. The second-order valence-electron chi connectivity index (χ2n) is 6.76. The first-order valence-electron chi connectivity index (χ1n) is 8.99. The van der Waals surface area contributed by atoms with Crippen LogP contribution < -0.4 is 21.3 Å². The van der Waals surface area contributed by atoms with Crippen LogP contribution in [0.25, 0.3) is 22.5 Å².